The molecule has 0 unspecified atom stereocenters. The van der Waals surface area contributed by atoms with Crippen LogP contribution in [-0.2, 0) is 11.3 Å². The second-order valence-electron chi connectivity index (χ2n) is 7.33. The summed E-state index contributed by atoms with van der Waals surface area (Å²) in [7, 11) is 1.58. The summed E-state index contributed by atoms with van der Waals surface area (Å²) >= 11 is 1.34. The lowest BCUT2D eigenvalue weighted by molar-refractivity contribution is -0.113. The standard InChI is InChI=1S/C25H25N5O2S/c1-18-12-14-19(15-13-18)26-16-23-28-29-25(30(23)20-8-4-3-5-9-20)33-17-24(31)27-21-10-6-7-11-22(21)32-2/h3-15,26H,16-17H2,1-2H3,(H,27,31). The zero-order valence-corrected chi connectivity index (χ0v) is 19.3. The fraction of sp³-hybridized carbons (Fsp3) is 0.160. The number of anilines is 2. The molecule has 0 aliphatic carbocycles. The van der Waals surface area contributed by atoms with E-state index in [0.717, 1.165) is 17.2 Å². The molecule has 0 saturated heterocycles. The van der Waals surface area contributed by atoms with Crippen LogP contribution in [0.3, 0.4) is 0 Å². The highest BCUT2D eigenvalue weighted by Gasteiger charge is 2.16. The molecule has 0 fully saturated rings. The lowest BCUT2D eigenvalue weighted by atomic mass is 10.2. The molecule has 0 spiro atoms. The van der Waals surface area contributed by atoms with Crippen molar-refractivity contribution in [3.05, 3.63) is 90.3 Å². The molecule has 1 aromatic heterocycles. The van der Waals surface area contributed by atoms with Crippen molar-refractivity contribution in [2.45, 2.75) is 18.6 Å². The zero-order valence-electron chi connectivity index (χ0n) is 18.5. The lowest BCUT2D eigenvalue weighted by Crippen LogP contribution is -2.15. The van der Waals surface area contributed by atoms with Gasteiger partial charge in [0, 0.05) is 11.4 Å². The van der Waals surface area contributed by atoms with Crippen LogP contribution in [0, 0.1) is 6.92 Å². The van der Waals surface area contributed by atoms with Gasteiger partial charge >= 0.3 is 0 Å². The van der Waals surface area contributed by atoms with E-state index in [9.17, 15) is 4.79 Å². The number of aryl methyl sites for hydroxylation is 1. The van der Waals surface area contributed by atoms with Gasteiger partial charge in [0.05, 0.1) is 25.1 Å². The normalized spacial score (nSPS) is 10.6. The Morgan fingerprint density at radius 2 is 1.70 bits per heavy atom. The van der Waals surface area contributed by atoms with Crippen molar-refractivity contribution in [3.8, 4) is 11.4 Å². The van der Waals surface area contributed by atoms with Gasteiger partial charge in [-0.3, -0.25) is 9.36 Å². The van der Waals surface area contributed by atoms with E-state index >= 15 is 0 Å². The summed E-state index contributed by atoms with van der Waals surface area (Å²) in [4.78, 5) is 12.6. The van der Waals surface area contributed by atoms with Gasteiger partial charge in [-0.1, -0.05) is 59.8 Å². The first-order valence-electron chi connectivity index (χ1n) is 10.5. The number of para-hydroxylation sites is 3. The van der Waals surface area contributed by atoms with E-state index in [4.69, 9.17) is 4.74 Å². The third-order valence-corrected chi connectivity index (χ3v) is 5.86. The number of amides is 1. The number of thioether (sulfide) groups is 1. The minimum atomic E-state index is -0.147. The van der Waals surface area contributed by atoms with Crippen LogP contribution in [0.25, 0.3) is 5.69 Å². The Balaban J connectivity index is 1.49. The van der Waals surface area contributed by atoms with Gasteiger partial charge in [0.2, 0.25) is 5.91 Å². The molecular weight excluding hydrogens is 434 g/mol. The third-order valence-electron chi connectivity index (χ3n) is 4.93. The highest BCUT2D eigenvalue weighted by molar-refractivity contribution is 7.99. The molecule has 0 aliphatic rings. The van der Waals surface area contributed by atoms with Gasteiger partial charge in [-0.05, 0) is 43.3 Å². The van der Waals surface area contributed by atoms with Crippen molar-refractivity contribution in [3.63, 3.8) is 0 Å². The summed E-state index contributed by atoms with van der Waals surface area (Å²) in [5.74, 6) is 1.42. The molecule has 0 bridgehead atoms. The number of nitrogens with one attached hydrogen (secondary N) is 2. The minimum Gasteiger partial charge on any atom is -0.495 e. The molecule has 4 rings (SSSR count). The van der Waals surface area contributed by atoms with Crippen LogP contribution in [0.1, 0.15) is 11.4 Å². The van der Waals surface area contributed by atoms with Gasteiger partial charge in [-0.25, -0.2) is 0 Å². The molecule has 0 radical (unpaired) electrons. The highest BCUT2D eigenvalue weighted by Crippen LogP contribution is 2.25. The summed E-state index contributed by atoms with van der Waals surface area (Å²) in [6.07, 6.45) is 0. The molecule has 0 atom stereocenters. The first-order valence-corrected chi connectivity index (χ1v) is 11.5. The summed E-state index contributed by atoms with van der Waals surface area (Å²) < 4.78 is 7.28. The van der Waals surface area contributed by atoms with Crippen molar-refractivity contribution >= 4 is 29.0 Å². The Bertz CT molecular complexity index is 1210. The number of rotatable bonds is 9. The average molecular weight is 460 g/mol. The third kappa shape index (κ3) is 5.72. The molecule has 1 heterocycles. The average Bonchev–Trinajstić information content (AvgIpc) is 3.26. The Hall–Kier alpha value is -3.78. The summed E-state index contributed by atoms with van der Waals surface area (Å²) in [5, 5.41) is 15.7. The molecule has 8 heteroatoms. The van der Waals surface area contributed by atoms with Gasteiger partial charge < -0.3 is 15.4 Å². The predicted molar refractivity (Wildman–Crippen MR) is 132 cm³/mol. The first kappa shape index (κ1) is 22.4. The Morgan fingerprint density at radius 1 is 0.970 bits per heavy atom. The van der Waals surface area contributed by atoms with Crippen molar-refractivity contribution in [1.29, 1.82) is 0 Å². The van der Waals surface area contributed by atoms with Crippen LogP contribution in [0.15, 0.2) is 84.0 Å². The van der Waals surface area contributed by atoms with E-state index in [1.165, 1.54) is 17.3 Å². The number of methoxy groups -OCH3 is 1. The summed E-state index contributed by atoms with van der Waals surface area (Å²) in [5.41, 5.74) is 3.79. The molecule has 33 heavy (non-hydrogen) atoms. The van der Waals surface area contributed by atoms with Crippen molar-refractivity contribution < 1.29 is 9.53 Å². The van der Waals surface area contributed by atoms with E-state index < -0.39 is 0 Å². The molecule has 7 nitrogen and oxygen atoms in total. The molecule has 2 N–H and O–H groups in total. The molecule has 4 aromatic rings. The summed E-state index contributed by atoms with van der Waals surface area (Å²) in [6, 6.07) is 25.4. The van der Waals surface area contributed by atoms with Crippen LogP contribution in [0.5, 0.6) is 5.75 Å². The van der Waals surface area contributed by atoms with Crippen LogP contribution in [0.2, 0.25) is 0 Å². The number of ether oxygens (including phenoxy) is 1. The number of hydrogen-bond donors (Lipinski definition) is 2. The van der Waals surface area contributed by atoms with Gasteiger partial charge in [0.15, 0.2) is 11.0 Å². The second kappa shape index (κ2) is 10.7. The van der Waals surface area contributed by atoms with Crippen LogP contribution in [-0.4, -0.2) is 33.5 Å². The number of carbonyl (C=O) groups is 1. The SMILES string of the molecule is COc1ccccc1NC(=O)CSc1nnc(CNc2ccc(C)cc2)n1-c1ccccc1. The Labute approximate surface area is 197 Å². The van der Waals surface area contributed by atoms with Crippen LogP contribution in [0.4, 0.5) is 11.4 Å². The van der Waals surface area contributed by atoms with E-state index in [1.54, 1.807) is 7.11 Å². The number of nitrogens with zero attached hydrogens (tertiary/aromatic N) is 3. The predicted octanol–water partition coefficient (Wildman–Crippen LogP) is 4.93. The number of aromatic nitrogens is 3. The van der Waals surface area contributed by atoms with Crippen molar-refractivity contribution in [2.24, 2.45) is 0 Å². The maximum atomic E-state index is 12.6. The molecule has 168 valence electrons. The maximum absolute atomic E-state index is 12.6. The maximum Gasteiger partial charge on any atom is 0.234 e. The van der Waals surface area contributed by atoms with Crippen LogP contribution < -0.4 is 15.4 Å². The zero-order chi connectivity index (χ0) is 23.0. The molecular formula is C25H25N5O2S. The Kier molecular flexibility index (Phi) is 7.26. The molecule has 0 aliphatic heterocycles. The smallest absolute Gasteiger partial charge is 0.234 e. The fourth-order valence-electron chi connectivity index (χ4n) is 3.26. The van der Waals surface area contributed by atoms with Gasteiger partial charge in [0.25, 0.3) is 0 Å². The van der Waals surface area contributed by atoms with Gasteiger partial charge in [-0.2, -0.15) is 0 Å². The monoisotopic (exact) mass is 459 g/mol. The largest absolute Gasteiger partial charge is 0.495 e. The minimum absolute atomic E-state index is 0.147. The van der Waals surface area contributed by atoms with Crippen molar-refractivity contribution in [1.82, 2.24) is 14.8 Å². The Morgan fingerprint density at radius 3 is 2.45 bits per heavy atom. The number of carbonyl (C=O) groups excluding carboxylic acids is 1. The highest BCUT2D eigenvalue weighted by atomic mass is 32.2. The quantitative estimate of drug-likeness (QED) is 0.346. The molecule has 3 aromatic carbocycles. The van der Waals surface area contributed by atoms with Gasteiger partial charge in [0.1, 0.15) is 5.75 Å². The molecule has 0 saturated carbocycles. The van der Waals surface area contributed by atoms with E-state index in [2.05, 4.69) is 39.9 Å². The van der Waals surface area contributed by atoms with E-state index in [-0.39, 0.29) is 11.7 Å². The van der Waals surface area contributed by atoms with E-state index in [1.807, 2.05) is 71.3 Å². The van der Waals surface area contributed by atoms with Gasteiger partial charge in [-0.15, -0.1) is 10.2 Å². The van der Waals surface area contributed by atoms with E-state index in [0.29, 0.717) is 23.1 Å². The number of hydrogen-bond acceptors (Lipinski definition) is 6. The lowest BCUT2D eigenvalue weighted by Gasteiger charge is -2.12. The van der Waals surface area contributed by atoms with Crippen LogP contribution >= 0.6 is 11.8 Å². The summed E-state index contributed by atoms with van der Waals surface area (Å²) in [6.45, 7) is 2.56. The second-order valence-corrected chi connectivity index (χ2v) is 8.27. The van der Waals surface area contributed by atoms with Crippen molar-refractivity contribution in [2.75, 3.05) is 23.5 Å². The fourth-order valence-corrected chi connectivity index (χ4v) is 4.03. The topological polar surface area (TPSA) is 81.1 Å². The first-order chi connectivity index (χ1) is 16.1. The molecule has 1 amide bonds. The number of benzene rings is 3.